The van der Waals surface area contributed by atoms with Crippen LogP contribution in [0.25, 0.3) is 16.8 Å². The van der Waals surface area contributed by atoms with Crippen molar-refractivity contribution in [1.82, 2.24) is 9.88 Å². The molecule has 0 unspecified atom stereocenters. The van der Waals surface area contributed by atoms with Gasteiger partial charge < -0.3 is 15.2 Å². The van der Waals surface area contributed by atoms with Gasteiger partial charge in [0.25, 0.3) is 17.4 Å². The van der Waals surface area contributed by atoms with E-state index in [4.69, 9.17) is 15.2 Å². The van der Waals surface area contributed by atoms with Crippen LogP contribution in [-0.2, 0) is 0 Å². The first-order valence-corrected chi connectivity index (χ1v) is 8.69. The summed E-state index contributed by atoms with van der Waals surface area (Å²) in [7, 11) is 3.08. The Balaban J connectivity index is 1.97. The number of aromatic nitrogens is 1. The Morgan fingerprint density at radius 2 is 1.59 bits per heavy atom. The topological polar surface area (TPSA) is 113 Å². The van der Waals surface area contributed by atoms with Gasteiger partial charge in [0.05, 0.1) is 31.0 Å². The van der Waals surface area contributed by atoms with Crippen molar-refractivity contribution in [3.63, 3.8) is 0 Å². The molecule has 2 aromatic carbocycles. The number of nitrogens with one attached hydrogen (secondary N) is 1. The van der Waals surface area contributed by atoms with E-state index in [-0.39, 0.29) is 16.9 Å². The molecular formula is C21H17N3O5. The maximum Gasteiger partial charge on any atom is 0.262 e. The second-order valence-electron chi connectivity index (χ2n) is 6.36. The molecule has 2 heterocycles. The number of anilines is 1. The summed E-state index contributed by atoms with van der Waals surface area (Å²) < 4.78 is 11.9. The van der Waals surface area contributed by atoms with Gasteiger partial charge in [-0.3, -0.25) is 24.3 Å². The van der Waals surface area contributed by atoms with E-state index in [0.717, 1.165) is 11.6 Å². The molecule has 2 amide bonds. The van der Waals surface area contributed by atoms with Crippen LogP contribution in [-0.4, -0.2) is 30.6 Å². The van der Waals surface area contributed by atoms with Gasteiger partial charge >= 0.3 is 0 Å². The Bertz CT molecular complexity index is 1230. The first kappa shape index (κ1) is 18.3. The Morgan fingerprint density at radius 3 is 2.31 bits per heavy atom. The van der Waals surface area contributed by atoms with E-state index in [9.17, 15) is 14.4 Å². The fraction of sp³-hybridized carbons (Fsp3) is 0.0952. The van der Waals surface area contributed by atoms with Gasteiger partial charge in [-0.25, -0.2) is 0 Å². The van der Waals surface area contributed by atoms with Gasteiger partial charge in [-0.2, -0.15) is 0 Å². The molecule has 0 radical (unpaired) electrons. The standard InChI is InChI=1S/C21H17N3O5/c1-28-15-8-7-11(9-16(15)29-2)12-5-3-4-6-14(12)24-17(25)10-13-18(19(24)22)21(27)23-20(13)26/h3-10H,22H2,1-2H3,(H,23,26,27). The smallest absolute Gasteiger partial charge is 0.262 e. The number of para-hydroxylation sites is 1. The lowest BCUT2D eigenvalue weighted by Gasteiger charge is -2.17. The van der Waals surface area contributed by atoms with Crippen LogP contribution in [0.5, 0.6) is 11.5 Å². The number of methoxy groups -OCH3 is 2. The largest absolute Gasteiger partial charge is 0.493 e. The predicted molar refractivity (Wildman–Crippen MR) is 107 cm³/mol. The number of hydrogen-bond donors (Lipinski definition) is 2. The molecule has 0 bridgehead atoms. The molecule has 146 valence electrons. The van der Waals surface area contributed by atoms with E-state index in [1.54, 1.807) is 31.4 Å². The minimum atomic E-state index is -0.630. The number of nitrogen functional groups attached to an aromatic ring is 1. The zero-order chi connectivity index (χ0) is 20.7. The van der Waals surface area contributed by atoms with Gasteiger partial charge in [0.2, 0.25) is 0 Å². The third-order valence-corrected chi connectivity index (χ3v) is 4.79. The Morgan fingerprint density at radius 1 is 0.862 bits per heavy atom. The van der Waals surface area contributed by atoms with Gasteiger partial charge in [-0.1, -0.05) is 24.3 Å². The molecule has 1 aliphatic heterocycles. The number of imide groups is 1. The van der Waals surface area contributed by atoms with Crippen LogP contribution in [0.3, 0.4) is 0 Å². The minimum Gasteiger partial charge on any atom is -0.493 e. The first-order chi connectivity index (χ1) is 14.0. The van der Waals surface area contributed by atoms with Crippen LogP contribution in [0.15, 0.2) is 53.3 Å². The molecule has 29 heavy (non-hydrogen) atoms. The molecule has 0 atom stereocenters. The average Bonchev–Trinajstić information content (AvgIpc) is 3.01. The Kier molecular flexibility index (Phi) is 4.31. The maximum absolute atomic E-state index is 12.8. The summed E-state index contributed by atoms with van der Waals surface area (Å²) in [4.78, 5) is 36.8. The van der Waals surface area contributed by atoms with Crippen LogP contribution in [0.2, 0.25) is 0 Å². The zero-order valence-electron chi connectivity index (χ0n) is 15.7. The number of rotatable bonds is 4. The highest BCUT2D eigenvalue weighted by molar-refractivity contribution is 6.23. The number of carbonyl (C=O) groups is 2. The van der Waals surface area contributed by atoms with E-state index in [2.05, 4.69) is 5.32 Å². The second-order valence-corrected chi connectivity index (χ2v) is 6.36. The van der Waals surface area contributed by atoms with Gasteiger partial charge in [-0.05, 0) is 23.8 Å². The summed E-state index contributed by atoms with van der Waals surface area (Å²) >= 11 is 0. The van der Waals surface area contributed by atoms with Gasteiger partial charge in [0.1, 0.15) is 5.82 Å². The minimum absolute atomic E-state index is 0.00304. The number of fused-ring (bicyclic) bond motifs is 1. The molecular weight excluding hydrogens is 374 g/mol. The maximum atomic E-state index is 12.8. The van der Waals surface area contributed by atoms with E-state index < -0.39 is 17.4 Å². The van der Waals surface area contributed by atoms with E-state index in [0.29, 0.717) is 22.7 Å². The van der Waals surface area contributed by atoms with E-state index in [1.165, 1.54) is 11.7 Å². The van der Waals surface area contributed by atoms with Crippen LogP contribution in [0.1, 0.15) is 20.7 Å². The number of pyridine rings is 1. The third-order valence-electron chi connectivity index (χ3n) is 4.79. The van der Waals surface area contributed by atoms with Crippen molar-refractivity contribution >= 4 is 17.6 Å². The molecule has 0 spiro atoms. The van der Waals surface area contributed by atoms with Gasteiger partial charge in [0.15, 0.2) is 11.5 Å². The fourth-order valence-corrected chi connectivity index (χ4v) is 3.44. The lowest BCUT2D eigenvalue weighted by atomic mass is 10.0. The number of carbonyl (C=O) groups excluding carboxylic acids is 2. The second kappa shape index (κ2) is 6.83. The van der Waals surface area contributed by atoms with Crippen molar-refractivity contribution in [3.8, 4) is 28.3 Å². The van der Waals surface area contributed by atoms with E-state index >= 15 is 0 Å². The summed E-state index contributed by atoms with van der Waals surface area (Å²) in [6.45, 7) is 0. The van der Waals surface area contributed by atoms with Crippen molar-refractivity contribution in [2.24, 2.45) is 0 Å². The molecule has 8 nitrogen and oxygen atoms in total. The Labute approximate surface area is 165 Å². The van der Waals surface area contributed by atoms with Crippen molar-refractivity contribution in [3.05, 3.63) is 70.0 Å². The lowest BCUT2D eigenvalue weighted by Crippen LogP contribution is -2.24. The normalized spacial score (nSPS) is 12.5. The fourth-order valence-electron chi connectivity index (χ4n) is 3.44. The summed E-state index contributed by atoms with van der Waals surface area (Å²) in [5.41, 5.74) is 7.55. The number of nitrogens with two attached hydrogens (primary N) is 1. The molecule has 0 fully saturated rings. The molecule has 1 aromatic heterocycles. The highest BCUT2D eigenvalue weighted by atomic mass is 16.5. The van der Waals surface area contributed by atoms with Crippen molar-refractivity contribution < 1.29 is 19.1 Å². The van der Waals surface area contributed by atoms with Gasteiger partial charge in [0, 0.05) is 11.6 Å². The molecule has 3 N–H and O–H groups in total. The summed E-state index contributed by atoms with van der Waals surface area (Å²) in [5, 5.41) is 2.16. The van der Waals surface area contributed by atoms with E-state index in [1.807, 2.05) is 18.2 Å². The number of benzene rings is 2. The van der Waals surface area contributed by atoms with Crippen LogP contribution in [0.4, 0.5) is 5.82 Å². The average molecular weight is 391 g/mol. The third kappa shape index (κ3) is 2.82. The number of hydrogen-bond acceptors (Lipinski definition) is 6. The molecule has 0 saturated heterocycles. The van der Waals surface area contributed by atoms with Crippen LogP contribution >= 0.6 is 0 Å². The molecule has 3 aromatic rings. The summed E-state index contributed by atoms with van der Waals surface area (Å²) in [6, 6.07) is 13.6. The number of amides is 2. The quantitative estimate of drug-likeness (QED) is 0.658. The molecule has 4 rings (SSSR count). The number of nitrogens with zero attached hydrogens (tertiary/aromatic N) is 1. The highest BCUT2D eigenvalue weighted by Crippen LogP contribution is 2.35. The molecule has 0 aliphatic carbocycles. The van der Waals surface area contributed by atoms with Crippen molar-refractivity contribution in [2.75, 3.05) is 20.0 Å². The highest BCUT2D eigenvalue weighted by Gasteiger charge is 2.32. The molecule has 1 aliphatic rings. The lowest BCUT2D eigenvalue weighted by molar-refractivity contribution is 0.0880. The predicted octanol–water partition coefficient (Wildman–Crippen LogP) is 1.99. The zero-order valence-corrected chi connectivity index (χ0v) is 15.7. The van der Waals surface area contributed by atoms with Crippen molar-refractivity contribution in [1.29, 1.82) is 0 Å². The van der Waals surface area contributed by atoms with Crippen LogP contribution < -0.4 is 26.1 Å². The number of ether oxygens (including phenoxy) is 2. The summed E-state index contributed by atoms with van der Waals surface area (Å²) in [6.07, 6.45) is 0. The van der Waals surface area contributed by atoms with Crippen molar-refractivity contribution in [2.45, 2.75) is 0 Å². The summed E-state index contributed by atoms with van der Waals surface area (Å²) in [5.74, 6) is -0.255. The molecule has 8 heteroatoms. The first-order valence-electron chi connectivity index (χ1n) is 8.69. The monoisotopic (exact) mass is 391 g/mol. The SMILES string of the molecule is COc1ccc(-c2ccccc2-n2c(N)c3c(cc2=O)C(=O)NC3=O)cc1OC. The Hall–Kier alpha value is -4.07. The van der Waals surface area contributed by atoms with Crippen LogP contribution in [0, 0.1) is 0 Å². The molecule has 0 saturated carbocycles. The van der Waals surface area contributed by atoms with Gasteiger partial charge in [-0.15, -0.1) is 0 Å².